The minimum absolute atomic E-state index is 0.877. The molecule has 0 N–H and O–H groups in total. The van der Waals surface area contributed by atoms with Crippen molar-refractivity contribution in [1.29, 1.82) is 0 Å². The van der Waals surface area contributed by atoms with Gasteiger partial charge in [0.2, 0.25) is 0 Å². The molecule has 0 saturated heterocycles. The molecule has 0 aliphatic rings. The number of hydrogen-bond acceptors (Lipinski definition) is 2. The third kappa shape index (κ3) is 5.71. The maximum atomic E-state index is 6.87. The predicted molar refractivity (Wildman–Crippen MR) is 228 cm³/mol. The molecule has 1 heterocycles. The summed E-state index contributed by atoms with van der Waals surface area (Å²) in [6, 6.07) is 75.9. The van der Waals surface area contributed by atoms with Crippen molar-refractivity contribution in [3.8, 4) is 44.5 Å². The molecule has 254 valence electrons. The first-order valence-corrected chi connectivity index (χ1v) is 18.4. The molecule has 0 saturated carbocycles. The SMILES string of the molecule is c1ccc(-c2cccc(N(c3cc(-c4ccccc4)cc(-c4ccccc4)c3)c3cccc4ccc5c6cc(-c7ccccc7)ccc6oc5c34)c2)cc1. The van der Waals surface area contributed by atoms with Crippen molar-refractivity contribution in [2.45, 2.75) is 0 Å². The smallest absolute Gasteiger partial charge is 0.145 e. The number of hydrogen-bond donors (Lipinski definition) is 0. The lowest BCUT2D eigenvalue weighted by atomic mass is 9.96. The highest BCUT2D eigenvalue weighted by molar-refractivity contribution is 6.20. The van der Waals surface area contributed by atoms with Crippen molar-refractivity contribution in [3.05, 3.63) is 212 Å². The van der Waals surface area contributed by atoms with E-state index < -0.39 is 0 Å². The van der Waals surface area contributed by atoms with E-state index >= 15 is 0 Å². The van der Waals surface area contributed by atoms with Crippen molar-refractivity contribution >= 4 is 49.8 Å². The van der Waals surface area contributed by atoms with Gasteiger partial charge in [-0.2, -0.15) is 0 Å². The summed E-state index contributed by atoms with van der Waals surface area (Å²) >= 11 is 0. The molecule has 0 spiro atoms. The Labute approximate surface area is 314 Å². The van der Waals surface area contributed by atoms with E-state index in [1.165, 1.54) is 27.8 Å². The largest absolute Gasteiger partial charge is 0.455 e. The van der Waals surface area contributed by atoms with Crippen LogP contribution in [0.5, 0.6) is 0 Å². The van der Waals surface area contributed by atoms with E-state index in [4.69, 9.17) is 4.42 Å². The Morgan fingerprint density at radius 3 is 1.44 bits per heavy atom. The average Bonchev–Trinajstić information content (AvgIpc) is 3.63. The lowest BCUT2D eigenvalue weighted by Gasteiger charge is -2.28. The molecule has 0 atom stereocenters. The van der Waals surface area contributed by atoms with Gasteiger partial charge in [-0.05, 0) is 104 Å². The predicted octanol–water partition coefficient (Wildman–Crippen LogP) is 14.9. The van der Waals surface area contributed by atoms with Gasteiger partial charge in [-0.25, -0.2) is 0 Å². The van der Waals surface area contributed by atoms with Gasteiger partial charge in [-0.1, -0.05) is 158 Å². The summed E-state index contributed by atoms with van der Waals surface area (Å²) < 4.78 is 6.87. The zero-order valence-corrected chi connectivity index (χ0v) is 29.6. The van der Waals surface area contributed by atoms with Gasteiger partial charge >= 0.3 is 0 Å². The monoisotopic (exact) mass is 689 g/mol. The van der Waals surface area contributed by atoms with Crippen molar-refractivity contribution in [3.63, 3.8) is 0 Å². The minimum Gasteiger partial charge on any atom is -0.455 e. The van der Waals surface area contributed by atoms with Crippen molar-refractivity contribution < 1.29 is 4.42 Å². The average molecular weight is 690 g/mol. The summed E-state index contributed by atoms with van der Waals surface area (Å²) in [6.07, 6.45) is 0. The molecule has 0 amide bonds. The molecule has 10 rings (SSSR count). The van der Waals surface area contributed by atoms with Gasteiger partial charge in [0.15, 0.2) is 0 Å². The Morgan fingerprint density at radius 2 is 0.833 bits per heavy atom. The lowest BCUT2D eigenvalue weighted by Crippen LogP contribution is -2.11. The zero-order chi connectivity index (χ0) is 35.8. The maximum absolute atomic E-state index is 6.87. The summed E-state index contributed by atoms with van der Waals surface area (Å²) in [5, 5.41) is 4.40. The molecule has 2 nitrogen and oxygen atoms in total. The molecule has 0 unspecified atom stereocenters. The van der Waals surface area contributed by atoms with Crippen LogP contribution in [0.2, 0.25) is 0 Å². The third-order valence-electron chi connectivity index (χ3n) is 10.4. The van der Waals surface area contributed by atoms with Crippen molar-refractivity contribution in [2.75, 3.05) is 4.90 Å². The highest BCUT2D eigenvalue weighted by Crippen LogP contribution is 2.46. The molecule has 0 aliphatic heterocycles. The van der Waals surface area contributed by atoms with Crippen LogP contribution in [0, 0.1) is 0 Å². The second-order valence-corrected chi connectivity index (χ2v) is 13.7. The van der Waals surface area contributed by atoms with Crippen LogP contribution >= 0.6 is 0 Å². The van der Waals surface area contributed by atoms with Crippen molar-refractivity contribution in [2.24, 2.45) is 0 Å². The van der Waals surface area contributed by atoms with Crippen LogP contribution in [0.1, 0.15) is 0 Å². The minimum atomic E-state index is 0.877. The van der Waals surface area contributed by atoms with E-state index in [1.807, 2.05) is 0 Å². The first kappa shape index (κ1) is 31.6. The topological polar surface area (TPSA) is 16.4 Å². The van der Waals surface area contributed by atoms with Crippen LogP contribution in [0.4, 0.5) is 17.1 Å². The lowest BCUT2D eigenvalue weighted by molar-refractivity contribution is 0.673. The van der Waals surface area contributed by atoms with Crippen LogP contribution in [0.3, 0.4) is 0 Å². The van der Waals surface area contributed by atoms with E-state index in [9.17, 15) is 0 Å². The van der Waals surface area contributed by atoms with Crippen LogP contribution in [-0.2, 0) is 0 Å². The molecule has 10 aromatic rings. The Bertz CT molecular complexity index is 2860. The molecule has 2 heteroatoms. The first-order chi connectivity index (χ1) is 26.8. The van der Waals surface area contributed by atoms with E-state index in [0.717, 1.165) is 66.5 Å². The van der Waals surface area contributed by atoms with Crippen molar-refractivity contribution in [1.82, 2.24) is 0 Å². The zero-order valence-electron chi connectivity index (χ0n) is 29.6. The first-order valence-electron chi connectivity index (χ1n) is 18.4. The van der Waals surface area contributed by atoms with Gasteiger partial charge in [-0.3, -0.25) is 0 Å². The van der Waals surface area contributed by atoms with Gasteiger partial charge in [0.05, 0.1) is 5.69 Å². The summed E-state index contributed by atoms with van der Waals surface area (Å²) in [5.74, 6) is 0. The molecular formula is C52H35NO. The van der Waals surface area contributed by atoms with E-state index in [-0.39, 0.29) is 0 Å². The quantitative estimate of drug-likeness (QED) is 0.166. The van der Waals surface area contributed by atoms with E-state index in [2.05, 4.69) is 217 Å². The van der Waals surface area contributed by atoms with Crippen LogP contribution < -0.4 is 4.90 Å². The molecule has 0 bridgehead atoms. The van der Waals surface area contributed by atoms with Crippen LogP contribution in [0.15, 0.2) is 217 Å². The van der Waals surface area contributed by atoms with Gasteiger partial charge < -0.3 is 9.32 Å². The van der Waals surface area contributed by atoms with E-state index in [0.29, 0.717) is 0 Å². The fourth-order valence-electron chi connectivity index (χ4n) is 7.80. The third-order valence-corrected chi connectivity index (χ3v) is 10.4. The van der Waals surface area contributed by atoms with Crippen LogP contribution in [0.25, 0.3) is 77.2 Å². The van der Waals surface area contributed by atoms with Gasteiger partial charge in [-0.15, -0.1) is 0 Å². The van der Waals surface area contributed by atoms with E-state index in [1.54, 1.807) is 0 Å². The number of benzene rings is 9. The summed E-state index contributed by atoms with van der Waals surface area (Å²) in [4.78, 5) is 2.41. The fourth-order valence-corrected chi connectivity index (χ4v) is 7.80. The van der Waals surface area contributed by atoms with Gasteiger partial charge in [0, 0.05) is 27.5 Å². The second-order valence-electron chi connectivity index (χ2n) is 13.7. The maximum Gasteiger partial charge on any atom is 0.145 e. The van der Waals surface area contributed by atoms with Gasteiger partial charge in [0.1, 0.15) is 11.2 Å². The molecule has 1 aromatic heterocycles. The molecule has 0 radical (unpaired) electrons. The highest BCUT2D eigenvalue weighted by Gasteiger charge is 2.22. The number of furan rings is 1. The second kappa shape index (κ2) is 13.4. The normalized spacial score (nSPS) is 11.3. The summed E-state index contributed by atoms with van der Waals surface area (Å²) in [7, 11) is 0. The Morgan fingerprint density at radius 1 is 0.315 bits per heavy atom. The Kier molecular flexibility index (Phi) is 7.85. The fraction of sp³-hybridized carbons (Fsp3) is 0. The molecule has 54 heavy (non-hydrogen) atoms. The number of rotatable bonds is 7. The van der Waals surface area contributed by atoms with Gasteiger partial charge in [0.25, 0.3) is 0 Å². The Balaban J connectivity index is 1.26. The molecular weight excluding hydrogens is 655 g/mol. The summed E-state index contributed by atoms with van der Waals surface area (Å²) in [6.45, 7) is 0. The molecule has 0 aliphatic carbocycles. The molecule has 9 aromatic carbocycles. The Hall–Kier alpha value is -7.16. The number of fused-ring (bicyclic) bond motifs is 5. The molecule has 0 fully saturated rings. The standard InChI is InChI=1S/C52H35NO/c1-5-15-36(16-6-1)41-24-13-25-45(32-41)53(46-33-43(38-19-9-3-10-20-38)31-44(34-46)39-21-11-4-12-22-39)49-26-14-23-40-27-29-47-48-35-42(37-17-7-2-8-18-37)28-30-50(48)54-52(47)51(40)49/h1-35H. The van der Waals surface area contributed by atoms with Crippen LogP contribution in [-0.4, -0.2) is 0 Å². The highest BCUT2D eigenvalue weighted by atomic mass is 16.3. The number of nitrogens with zero attached hydrogens (tertiary/aromatic N) is 1. The summed E-state index contributed by atoms with van der Waals surface area (Å²) in [5.41, 5.74) is 14.3. The number of anilines is 3.